The summed E-state index contributed by atoms with van der Waals surface area (Å²) in [5.74, 6) is -0.867. The first-order chi connectivity index (χ1) is 12.8. The largest absolute Gasteiger partial charge is 0.374 e. The van der Waals surface area contributed by atoms with Gasteiger partial charge in [0.25, 0.3) is 0 Å². The zero-order chi connectivity index (χ0) is 19.6. The molecule has 0 radical (unpaired) electrons. The lowest BCUT2D eigenvalue weighted by molar-refractivity contribution is -0.117. The molecule has 6 heteroatoms. The van der Waals surface area contributed by atoms with Gasteiger partial charge in [-0.15, -0.1) is 0 Å². The average molecular weight is 369 g/mol. The van der Waals surface area contributed by atoms with E-state index in [9.17, 15) is 14.0 Å². The number of carbonyl (C=O) groups excluding carboxylic acids is 2. The van der Waals surface area contributed by atoms with Crippen LogP contribution in [-0.2, 0) is 9.59 Å². The highest BCUT2D eigenvalue weighted by atomic mass is 19.1. The van der Waals surface area contributed by atoms with Crippen LogP contribution in [0.2, 0.25) is 0 Å². The molecule has 0 unspecified atom stereocenters. The van der Waals surface area contributed by atoms with Gasteiger partial charge >= 0.3 is 0 Å². The number of anilines is 3. The van der Waals surface area contributed by atoms with Gasteiger partial charge < -0.3 is 16.0 Å². The van der Waals surface area contributed by atoms with Crippen LogP contribution in [0.25, 0.3) is 0 Å². The first-order valence-corrected chi connectivity index (χ1v) is 9.08. The lowest BCUT2D eigenvalue weighted by Crippen LogP contribution is -2.32. The molecule has 3 rings (SSSR count). The molecular formula is C21H24FN3O2. The van der Waals surface area contributed by atoms with Crippen LogP contribution in [0.4, 0.5) is 21.5 Å². The highest BCUT2D eigenvalue weighted by Gasteiger charge is 2.30. The molecule has 0 heterocycles. The Kier molecular flexibility index (Phi) is 5.44. The quantitative estimate of drug-likeness (QED) is 0.714. The minimum Gasteiger partial charge on any atom is -0.374 e. The molecule has 0 saturated heterocycles. The monoisotopic (exact) mass is 369 g/mol. The molecular weight excluding hydrogens is 345 g/mol. The Morgan fingerprint density at radius 3 is 2.48 bits per heavy atom. The van der Waals surface area contributed by atoms with Crippen LogP contribution in [0.5, 0.6) is 0 Å². The summed E-state index contributed by atoms with van der Waals surface area (Å²) < 4.78 is 14.0. The SMILES string of the molecule is Cc1ccc(C)c(NC(=O)[C@H](C)Nc2ccc(F)c(NC(=O)C3CC3)c2)c1. The van der Waals surface area contributed by atoms with Gasteiger partial charge in [-0.25, -0.2) is 4.39 Å². The molecule has 5 nitrogen and oxygen atoms in total. The third kappa shape index (κ3) is 4.84. The number of hydrogen-bond acceptors (Lipinski definition) is 3. The summed E-state index contributed by atoms with van der Waals surface area (Å²) in [6.07, 6.45) is 1.70. The second-order valence-electron chi connectivity index (χ2n) is 7.13. The topological polar surface area (TPSA) is 70.2 Å². The molecule has 0 bridgehead atoms. The zero-order valence-corrected chi connectivity index (χ0v) is 15.7. The van der Waals surface area contributed by atoms with Gasteiger partial charge in [0.2, 0.25) is 11.8 Å². The van der Waals surface area contributed by atoms with E-state index in [0.29, 0.717) is 5.69 Å². The number of carbonyl (C=O) groups is 2. The van der Waals surface area contributed by atoms with Crippen molar-refractivity contribution < 1.29 is 14.0 Å². The predicted molar refractivity (Wildman–Crippen MR) is 105 cm³/mol. The van der Waals surface area contributed by atoms with Gasteiger partial charge in [0, 0.05) is 17.3 Å². The maximum absolute atomic E-state index is 14.0. The number of nitrogens with one attached hydrogen (secondary N) is 3. The van der Waals surface area contributed by atoms with Crippen LogP contribution in [0.15, 0.2) is 36.4 Å². The van der Waals surface area contributed by atoms with Crippen LogP contribution in [-0.4, -0.2) is 17.9 Å². The average Bonchev–Trinajstić information content (AvgIpc) is 3.46. The van der Waals surface area contributed by atoms with Crippen LogP contribution in [0.3, 0.4) is 0 Å². The van der Waals surface area contributed by atoms with Crippen LogP contribution in [0, 0.1) is 25.6 Å². The van der Waals surface area contributed by atoms with Crippen molar-refractivity contribution in [3.05, 3.63) is 53.3 Å². The van der Waals surface area contributed by atoms with E-state index in [2.05, 4.69) is 16.0 Å². The first-order valence-electron chi connectivity index (χ1n) is 9.08. The Balaban J connectivity index is 1.65. The lowest BCUT2D eigenvalue weighted by Gasteiger charge is -2.17. The van der Waals surface area contributed by atoms with Gasteiger partial charge in [0.05, 0.1) is 5.69 Å². The third-order valence-corrected chi connectivity index (χ3v) is 4.60. The summed E-state index contributed by atoms with van der Waals surface area (Å²) in [5.41, 5.74) is 3.49. The molecule has 27 heavy (non-hydrogen) atoms. The van der Waals surface area contributed by atoms with Crippen molar-refractivity contribution in [3.8, 4) is 0 Å². The number of aryl methyl sites for hydroxylation is 2. The minimum atomic E-state index is -0.539. The predicted octanol–water partition coefficient (Wildman–Crippen LogP) is 4.23. The minimum absolute atomic E-state index is 0.0108. The summed E-state index contributed by atoms with van der Waals surface area (Å²) in [6.45, 7) is 5.63. The number of rotatable bonds is 6. The van der Waals surface area contributed by atoms with Gasteiger partial charge in [-0.05, 0) is 69.0 Å². The van der Waals surface area contributed by atoms with Crippen molar-refractivity contribution in [3.63, 3.8) is 0 Å². The van der Waals surface area contributed by atoms with Gasteiger partial charge in [0.1, 0.15) is 11.9 Å². The number of hydrogen-bond donors (Lipinski definition) is 3. The highest BCUT2D eigenvalue weighted by Crippen LogP contribution is 2.31. The lowest BCUT2D eigenvalue weighted by atomic mass is 10.1. The van der Waals surface area contributed by atoms with Gasteiger partial charge in [-0.2, -0.15) is 0 Å². The van der Waals surface area contributed by atoms with E-state index in [-0.39, 0.29) is 23.4 Å². The first kappa shape index (κ1) is 18.9. The van der Waals surface area contributed by atoms with Crippen LogP contribution in [0.1, 0.15) is 30.9 Å². The fourth-order valence-corrected chi connectivity index (χ4v) is 2.72. The molecule has 2 aromatic rings. The van der Waals surface area contributed by atoms with E-state index >= 15 is 0 Å². The molecule has 0 aromatic heterocycles. The second kappa shape index (κ2) is 7.78. The number of amides is 2. The molecule has 2 amide bonds. The van der Waals surface area contributed by atoms with Crippen molar-refractivity contribution in [1.29, 1.82) is 0 Å². The maximum atomic E-state index is 14.0. The summed E-state index contributed by atoms with van der Waals surface area (Å²) in [7, 11) is 0. The summed E-state index contributed by atoms with van der Waals surface area (Å²) in [4.78, 5) is 24.4. The zero-order valence-electron chi connectivity index (χ0n) is 15.7. The molecule has 1 saturated carbocycles. The molecule has 1 aliphatic rings. The van der Waals surface area contributed by atoms with E-state index in [4.69, 9.17) is 0 Å². The summed E-state index contributed by atoms with van der Waals surface area (Å²) in [5, 5.41) is 8.57. The summed E-state index contributed by atoms with van der Waals surface area (Å²) in [6, 6.07) is 9.66. The Hall–Kier alpha value is -2.89. The Morgan fingerprint density at radius 2 is 1.78 bits per heavy atom. The second-order valence-corrected chi connectivity index (χ2v) is 7.13. The molecule has 3 N–H and O–H groups in total. The molecule has 1 fully saturated rings. The fraction of sp³-hybridized carbons (Fsp3) is 0.333. The van der Waals surface area contributed by atoms with E-state index in [1.807, 2.05) is 32.0 Å². The van der Waals surface area contributed by atoms with Crippen molar-refractivity contribution in [1.82, 2.24) is 0 Å². The molecule has 1 aliphatic carbocycles. The smallest absolute Gasteiger partial charge is 0.246 e. The highest BCUT2D eigenvalue weighted by molar-refractivity contribution is 5.97. The standard InChI is InChI=1S/C21H24FN3O2/c1-12-4-5-13(2)18(10-12)24-20(26)14(3)23-16-8-9-17(22)19(11-16)25-21(27)15-6-7-15/h4-5,8-11,14-15,23H,6-7H2,1-3H3,(H,24,26)(H,25,27)/t14-/m0/s1. The van der Waals surface area contributed by atoms with E-state index in [1.54, 1.807) is 13.0 Å². The Bertz CT molecular complexity index is 878. The molecule has 1 atom stereocenters. The fourth-order valence-electron chi connectivity index (χ4n) is 2.72. The van der Waals surface area contributed by atoms with Gasteiger partial charge in [-0.1, -0.05) is 12.1 Å². The van der Waals surface area contributed by atoms with E-state index in [0.717, 1.165) is 29.7 Å². The molecule has 2 aromatic carbocycles. The number of halogens is 1. The van der Waals surface area contributed by atoms with Crippen molar-refractivity contribution in [2.24, 2.45) is 5.92 Å². The van der Waals surface area contributed by atoms with Crippen molar-refractivity contribution >= 4 is 28.9 Å². The van der Waals surface area contributed by atoms with Crippen LogP contribution < -0.4 is 16.0 Å². The van der Waals surface area contributed by atoms with E-state index < -0.39 is 11.9 Å². The summed E-state index contributed by atoms with van der Waals surface area (Å²) >= 11 is 0. The van der Waals surface area contributed by atoms with Crippen molar-refractivity contribution in [2.45, 2.75) is 39.7 Å². The van der Waals surface area contributed by atoms with Gasteiger partial charge in [0.15, 0.2) is 0 Å². The van der Waals surface area contributed by atoms with E-state index in [1.165, 1.54) is 12.1 Å². The van der Waals surface area contributed by atoms with Gasteiger partial charge in [-0.3, -0.25) is 9.59 Å². The van der Waals surface area contributed by atoms with Crippen LogP contribution >= 0.6 is 0 Å². The Morgan fingerprint density at radius 1 is 1.04 bits per heavy atom. The third-order valence-electron chi connectivity index (χ3n) is 4.60. The maximum Gasteiger partial charge on any atom is 0.246 e. The number of benzene rings is 2. The molecule has 142 valence electrons. The van der Waals surface area contributed by atoms with Crippen molar-refractivity contribution in [2.75, 3.05) is 16.0 Å². The molecule has 0 aliphatic heterocycles. The Labute approximate surface area is 158 Å². The normalized spacial score (nSPS) is 14.4. The molecule has 0 spiro atoms.